The number of nitrogens with one attached hydrogen (secondary N) is 1. The molecule has 7 heteroatoms. The van der Waals surface area contributed by atoms with Crippen LogP contribution in [0.1, 0.15) is 6.92 Å². The molecule has 0 spiro atoms. The smallest absolute Gasteiger partial charge is 0.407 e. The van der Waals surface area contributed by atoms with Gasteiger partial charge < -0.3 is 15.0 Å². The Bertz CT molecular complexity index is 415. The lowest BCUT2D eigenvalue weighted by atomic mass is 9.97. The SMILES string of the molecule is CC(=O)C1CN(C(=O)O)C1.O=c1ccnc[nH]1. The molecule has 0 bridgehead atoms. The largest absolute Gasteiger partial charge is 0.465 e. The number of hydrogen-bond acceptors (Lipinski definition) is 4. The molecular formula is C10H13N3O4. The minimum atomic E-state index is -0.933. The van der Waals surface area contributed by atoms with Crippen molar-refractivity contribution in [1.29, 1.82) is 0 Å². The van der Waals surface area contributed by atoms with E-state index in [4.69, 9.17) is 5.11 Å². The zero-order valence-electron chi connectivity index (χ0n) is 9.29. The fourth-order valence-corrected chi connectivity index (χ4v) is 1.19. The Morgan fingerprint density at radius 1 is 1.53 bits per heavy atom. The summed E-state index contributed by atoms with van der Waals surface area (Å²) in [6.07, 6.45) is 1.86. The maximum atomic E-state index is 10.6. The van der Waals surface area contributed by atoms with Crippen LogP contribution < -0.4 is 5.56 Å². The number of likely N-dealkylation sites (tertiary alicyclic amines) is 1. The highest BCUT2D eigenvalue weighted by Gasteiger charge is 2.33. The molecule has 1 saturated heterocycles. The third-order valence-corrected chi connectivity index (χ3v) is 2.32. The minimum Gasteiger partial charge on any atom is -0.465 e. The van der Waals surface area contributed by atoms with Crippen molar-refractivity contribution in [2.45, 2.75) is 6.92 Å². The minimum absolute atomic E-state index is 0.0453. The lowest BCUT2D eigenvalue weighted by Gasteiger charge is -2.35. The predicted molar refractivity (Wildman–Crippen MR) is 58.6 cm³/mol. The number of hydrogen-bond donors (Lipinski definition) is 2. The number of aromatic amines is 1. The van der Waals surface area contributed by atoms with Crippen LogP contribution in [0, 0.1) is 5.92 Å². The van der Waals surface area contributed by atoms with Crippen molar-refractivity contribution >= 4 is 11.9 Å². The highest BCUT2D eigenvalue weighted by molar-refractivity contribution is 5.81. The topological polar surface area (TPSA) is 103 Å². The van der Waals surface area contributed by atoms with E-state index in [-0.39, 0.29) is 17.3 Å². The molecule has 0 radical (unpaired) electrons. The fourth-order valence-electron chi connectivity index (χ4n) is 1.19. The van der Waals surface area contributed by atoms with Gasteiger partial charge in [-0.3, -0.25) is 9.59 Å². The van der Waals surface area contributed by atoms with Gasteiger partial charge in [-0.1, -0.05) is 0 Å². The van der Waals surface area contributed by atoms with Crippen molar-refractivity contribution < 1.29 is 14.7 Å². The molecule has 7 nitrogen and oxygen atoms in total. The van der Waals surface area contributed by atoms with E-state index < -0.39 is 6.09 Å². The summed E-state index contributed by atoms with van der Waals surface area (Å²) in [7, 11) is 0. The first-order valence-electron chi connectivity index (χ1n) is 4.97. The Kier molecular flexibility index (Phi) is 4.38. The van der Waals surface area contributed by atoms with Gasteiger partial charge in [0, 0.05) is 25.4 Å². The van der Waals surface area contributed by atoms with Crippen LogP contribution in [-0.4, -0.2) is 44.9 Å². The van der Waals surface area contributed by atoms with E-state index in [1.807, 2.05) is 0 Å². The van der Waals surface area contributed by atoms with Gasteiger partial charge in [0.15, 0.2) is 0 Å². The van der Waals surface area contributed by atoms with Gasteiger partial charge in [-0.2, -0.15) is 0 Å². The summed E-state index contributed by atoms with van der Waals surface area (Å²) in [5, 5.41) is 8.35. The van der Waals surface area contributed by atoms with Crippen molar-refractivity contribution in [2.24, 2.45) is 5.92 Å². The molecule has 1 aliphatic rings. The molecule has 0 aliphatic carbocycles. The van der Waals surface area contributed by atoms with Crippen molar-refractivity contribution in [3.05, 3.63) is 28.9 Å². The lowest BCUT2D eigenvalue weighted by molar-refractivity contribution is -0.124. The fraction of sp³-hybridized carbons (Fsp3) is 0.400. The van der Waals surface area contributed by atoms with E-state index in [0.29, 0.717) is 13.1 Å². The number of carbonyl (C=O) groups is 2. The normalized spacial score (nSPS) is 14.3. The van der Waals surface area contributed by atoms with Crippen LogP contribution in [0.25, 0.3) is 0 Å². The highest BCUT2D eigenvalue weighted by Crippen LogP contribution is 2.15. The molecule has 0 aromatic carbocycles. The number of nitrogens with zero attached hydrogens (tertiary/aromatic N) is 2. The second-order valence-electron chi connectivity index (χ2n) is 3.60. The molecule has 1 aromatic heterocycles. The van der Waals surface area contributed by atoms with Gasteiger partial charge in [-0.15, -0.1) is 0 Å². The summed E-state index contributed by atoms with van der Waals surface area (Å²) >= 11 is 0. The molecule has 0 unspecified atom stereocenters. The number of carbonyl (C=O) groups excluding carboxylic acids is 1. The first-order chi connectivity index (χ1) is 8.00. The molecule has 1 fully saturated rings. The number of Topliss-reactive ketones (excluding diaryl/α,β-unsaturated/α-hetero) is 1. The van der Waals surface area contributed by atoms with Gasteiger partial charge in [0.25, 0.3) is 5.56 Å². The third-order valence-electron chi connectivity index (χ3n) is 2.32. The number of ketones is 1. The Labute approximate surface area is 97.1 Å². The first-order valence-corrected chi connectivity index (χ1v) is 4.97. The molecule has 1 aromatic rings. The summed E-state index contributed by atoms with van der Waals surface area (Å²) < 4.78 is 0. The third kappa shape index (κ3) is 4.06. The first kappa shape index (κ1) is 12.9. The predicted octanol–water partition coefficient (Wildman–Crippen LogP) is -0.0449. The maximum Gasteiger partial charge on any atom is 0.407 e. The van der Waals surface area contributed by atoms with Gasteiger partial charge in [0.2, 0.25) is 0 Å². The molecule has 2 N–H and O–H groups in total. The number of H-pyrrole nitrogens is 1. The molecular weight excluding hydrogens is 226 g/mol. The monoisotopic (exact) mass is 239 g/mol. The molecule has 0 saturated carbocycles. The molecule has 2 heterocycles. The number of carboxylic acid groups (broad SMARTS) is 1. The molecule has 1 amide bonds. The van der Waals surface area contributed by atoms with E-state index in [2.05, 4.69) is 9.97 Å². The average molecular weight is 239 g/mol. The summed E-state index contributed by atoms with van der Waals surface area (Å²) in [6, 6.07) is 1.36. The zero-order valence-corrected chi connectivity index (χ0v) is 9.29. The molecule has 92 valence electrons. The maximum absolute atomic E-state index is 10.6. The van der Waals surface area contributed by atoms with Gasteiger partial charge in [-0.25, -0.2) is 9.78 Å². The molecule has 2 rings (SSSR count). The van der Waals surface area contributed by atoms with Crippen LogP contribution in [0.5, 0.6) is 0 Å². The quantitative estimate of drug-likeness (QED) is 0.715. The number of amides is 1. The van der Waals surface area contributed by atoms with Crippen LogP contribution in [0.2, 0.25) is 0 Å². The Hall–Kier alpha value is -2.18. The van der Waals surface area contributed by atoms with Crippen LogP contribution in [-0.2, 0) is 4.79 Å². The van der Waals surface area contributed by atoms with Crippen LogP contribution >= 0.6 is 0 Å². The van der Waals surface area contributed by atoms with E-state index in [1.54, 1.807) is 0 Å². The Morgan fingerprint density at radius 3 is 2.47 bits per heavy atom. The highest BCUT2D eigenvalue weighted by atomic mass is 16.4. The van der Waals surface area contributed by atoms with Crippen molar-refractivity contribution in [3.8, 4) is 0 Å². The Balaban J connectivity index is 0.000000181. The van der Waals surface area contributed by atoms with Gasteiger partial charge in [0.05, 0.1) is 12.2 Å². The molecule has 17 heavy (non-hydrogen) atoms. The van der Waals surface area contributed by atoms with E-state index in [0.717, 1.165) is 0 Å². The van der Waals surface area contributed by atoms with Gasteiger partial charge in [0.1, 0.15) is 5.78 Å². The molecule has 0 atom stereocenters. The van der Waals surface area contributed by atoms with E-state index in [1.165, 1.54) is 30.4 Å². The van der Waals surface area contributed by atoms with E-state index in [9.17, 15) is 14.4 Å². The standard InChI is InChI=1S/C6H9NO3.C4H4N2O/c1-4(8)5-2-7(3-5)6(9)10;7-4-1-2-5-3-6-4/h5H,2-3H2,1H3,(H,9,10);1-3H,(H,5,6,7). The number of aromatic nitrogens is 2. The second-order valence-corrected chi connectivity index (χ2v) is 3.60. The van der Waals surface area contributed by atoms with Gasteiger partial charge in [-0.05, 0) is 6.92 Å². The second kappa shape index (κ2) is 5.78. The van der Waals surface area contributed by atoms with Crippen molar-refractivity contribution in [2.75, 3.05) is 13.1 Å². The van der Waals surface area contributed by atoms with Crippen LogP contribution in [0.15, 0.2) is 23.4 Å². The lowest BCUT2D eigenvalue weighted by Crippen LogP contribution is -2.51. The van der Waals surface area contributed by atoms with Crippen molar-refractivity contribution in [1.82, 2.24) is 14.9 Å². The van der Waals surface area contributed by atoms with Crippen molar-refractivity contribution in [3.63, 3.8) is 0 Å². The average Bonchev–Trinajstić information content (AvgIpc) is 2.15. The van der Waals surface area contributed by atoms with Gasteiger partial charge >= 0.3 is 6.09 Å². The van der Waals surface area contributed by atoms with E-state index >= 15 is 0 Å². The number of rotatable bonds is 1. The summed E-state index contributed by atoms with van der Waals surface area (Å²) in [4.78, 5) is 38.1. The summed E-state index contributed by atoms with van der Waals surface area (Å²) in [5.41, 5.74) is -0.116. The summed E-state index contributed by atoms with van der Waals surface area (Å²) in [6.45, 7) is 2.25. The zero-order chi connectivity index (χ0) is 12.8. The Morgan fingerprint density at radius 2 is 2.18 bits per heavy atom. The van der Waals surface area contributed by atoms with Crippen LogP contribution in [0.3, 0.4) is 0 Å². The van der Waals surface area contributed by atoms with Crippen LogP contribution in [0.4, 0.5) is 4.79 Å². The summed E-state index contributed by atoms with van der Waals surface area (Å²) in [5.74, 6) is 0.0357. The molecule has 1 aliphatic heterocycles.